The molecule has 2 aliphatic rings. The summed E-state index contributed by atoms with van der Waals surface area (Å²) in [5, 5.41) is 9.03. The zero-order valence-corrected chi connectivity index (χ0v) is 7.50. The molecule has 0 N–H and O–H groups in total. The number of hydrogen-bond donors (Lipinski definition) is 0. The highest BCUT2D eigenvalue weighted by Crippen LogP contribution is 2.60. The lowest BCUT2D eigenvalue weighted by atomic mass is 9.53. The Balaban J connectivity index is 2.39. The number of carbonyl (C=O) groups is 1. The Morgan fingerprint density at radius 3 is 2.67 bits per heavy atom. The summed E-state index contributed by atoms with van der Waals surface area (Å²) in [6.45, 7) is 3.99. The zero-order valence-electron chi connectivity index (χ0n) is 7.50. The molecule has 0 aromatic rings. The van der Waals surface area contributed by atoms with Gasteiger partial charge in [-0.25, -0.2) is 0 Å². The van der Waals surface area contributed by atoms with Gasteiger partial charge in [-0.15, -0.1) is 0 Å². The first-order valence-electron chi connectivity index (χ1n) is 4.60. The average molecular weight is 163 g/mol. The van der Waals surface area contributed by atoms with Crippen LogP contribution in [0.5, 0.6) is 0 Å². The summed E-state index contributed by atoms with van der Waals surface area (Å²) >= 11 is 0. The van der Waals surface area contributed by atoms with E-state index in [1.807, 2.05) is 13.8 Å². The minimum absolute atomic E-state index is 0.148. The lowest BCUT2D eigenvalue weighted by Crippen LogP contribution is -2.55. The van der Waals surface area contributed by atoms with Crippen molar-refractivity contribution in [2.75, 3.05) is 0 Å². The third-order valence-electron chi connectivity index (χ3n) is 3.88. The minimum Gasteiger partial charge on any atom is -0.298 e. The van der Waals surface area contributed by atoms with E-state index in [0.29, 0.717) is 5.92 Å². The third-order valence-corrected chi connectivity index (χ3v) is 3.88. The molecule has 4 unspecified atom stereocenters. The Hall–Kier alpha value is -0.840. The molecule has 2 aliphatic carbocycles. The molecule has 0 saturated heterocycles. The number of nitrogens with zero attached hydrogens (tertiary/aromatic N) is 1. The fourth-order valence-electron chi connectivity index (χ4n) is 3.03. The SMILES string of the molecule is CC1C(=O)C2(C#N)C(C)CCC12. The van der Waals surface area contributed by atoms with Crippen LogP contribution in [0.25, 0.3) is 0 Å². The van der Waals surface area contributed by atoms with E-state index in [9.17, 15) is 4.79 Å². The molecule has 2 rings (SSSR count). The second-order valence-electron chi connectivity index (χ2n) is 4.22. The highest BCUT2D eigenvalue weighted by molar-refractivity contribution is 5.97. The van der Waals surface area contributed by atoms with Crippen LogP contribution in [0.15, 0.2) is 0 Å². The van der Waals surface area contributed by atoms with Gasteiger partial charge < -0.3 is 0 Å². The molecule has 12 heavy (non-hydrogen) atoms. The van der Waals surface area contributed by atoms with Crippen molar-refractivity contribution < 1.29 is 4.79 Å². The van der Waals surface area contributed by atoms with Crippen molar-refractivity contribution in [1.29, 1.82) is 5.26 Å². The van der Waals surface area contributed by atoms with Gasteiger partial charge in [0.25, 0.3) is 0 Å². The molecule has 0 aromatic heterocycles. The second kappa shape index (κ2) is 2.10. The molecule has 2 fully saturated rings. The number of ketones is 1. The molecule has 0 aliphatic heterocycles. The summed E-state index contributed by atoms with van der Waals surface area (Å²) < 4.78 is 0. The quantitative estimate of drug-likeness (QED) is 0.546. The van der Waals surface area contributed by atoms with Crippen molar-refractivity contribution in [3.63, 3.8) is 0 Å². The molecule has 0 bridgehead atoms. The van der Waals surface area contributed by atoms with Gasteiger partial charge >= 0.3 is 0 Å². The molecule has 2 heteroatoms. The van der Waals surface area contributed by atoms with Crippen molar-refractivity contribution in [3.05, 3.63) is 0 Å². The highest BCUT2D eigenvalue weighted by Gasteiger charge is 2.65. The average Bonchev–Trinajstić information content (AvgIpc) is 2.39. The van der Waals surface area contributed by atoms with Gasteiger partial charge in [-0.3, -0.25) is 4.79 Å². The van der Waals surface area contributed by atoms with Gasteiger partial charge in [-0.2, -0.15) is 5.26 Å². The van der Waals surface area contributed by atoms with E-state index in [0.717, 1.165) is 12.8 Å². The predicted molar refractivity (Wildman–Crippen MR) is 44.1 cm³/mol. The van der Waals surface area contributed by atoms with Gasteiger partial charge in [0.05, 0.1) is 6.07 Å². The number of carbonyl (C=O) groups excluding carboxylic acids is 1. The Kier molecular flexibility index (Phi) is 1.36. The molecular weight excluding hydrogens is 150 g/mol. The first-order chi connectivity index (χ1) is 5.64. The molecule has 4 atom stereocenters. The predicted octanol–water partition coefficient (Wildman–Crippen LogP) is 1.76. The number of hydrogen-bond acceptors (Lipinski definition) is 2. The Bertz CT molecular complexity index is 278. The van der Waals surface area contributed by atoms with E-state index in [4.69, 9.17) is 5.26 Å². The molecule has 64 valence electrons. The molecule has 2 nitrogen and oxygen atoms in total. The lowest BCUT2D eigenvalue weighted by Gasteiger charge is -2.45. The maximum atomic E-state index is 11.6. The third kappa shape index (κ3) is 0.555. The Morgan fingerprint density at radius 1 is 1.50 bits per heavy atom. The molecule has 0 aromatic carbocycles. The lowest BCUT2D eigenvalue weighted by molar-refractivity contribution is -0.149. The van der Waals surface area contributed by atoms with Crippen LogP contribution in [-0.2, 0) is 4.79 Å². The minimum atomic E-state index is -0.570. The van der Waals surface area contributed by atoms with Crippen LogP contribution in [-0.4, -0.2) is 5.78 Å². The fourth-order valence-corrected chi connectivity index (χ4v) is 3.03. The van der Waals surface area contributed by atoms with E-state index >= 15 is 0 Å². The van der Waals surface area contributed by atoms with Crippen molar-refractivity contribution in [2.24, 2.45) is 23.2 Å². The van der Waals surface area contributed by atoms with Crippen LogP contribution >= 0.6 is 0 Å². The summed E-state index contributed by atoms with van der Waals surface area (Å²) in [5.41, 5.74) is -0.570. The van der Waals surface area contributed by atoms with Crippen molar-refractivity contribution in [2.45, 2.75) is 26.7 Å². The van der Waals surface area contributed by atoms with E-state index in [-0.39, 0.29) is 17.6 Å². The number of Topliss-reactive ketones (excluding diaryl/α,β-unsaturated/α-hetero) is 1. The standard InChI is InChI=1S/C10H13NO/c1-6-3-4-8-7(2)9(12)10(6,8)5-11/h6-8H,3-4H2,1-2H3. The summed E-state index contributed by atoms with van der Waals surface area (Å²) in [7, 11) is 0. The van der Waals surface area contributed by atoms with Crippen molar-refractivity contribution in [3.8, 4) is 6.07 Å². The van der Waals surface area contributed by atoms with Gasteiger partial charge in [0, 0.05) is 5.92 Å². The van der Waals surface area contributed by atoms with Gasteiger partial charge in [-0.1, -0.05) is 13.8 Å². The molecule has 0 heterocycles. The van der Waals surface area contributed by atoms with Crippen LogP contribution in [0.4, 0.5) is 0 Å². The summed E-state index contributed by atoms with van der Waals surface area (Å²) in [6.07, 6.45) is 2.12. The Morgan fingerprint density at radius 2 is 2.17 bits per heavy atom. The first-order valence-corrected chi connectivity index (χ1v) is 4.60. The monoisotopic (exact) mass is 163 g/mol. The largest absolute Gasteiger partial charge is 0.298 e. The number of fused-ring (bicyclic) bond motifs is 1. The topological polar surface area (TPSA) is 40.9 Å². The highest BCUT2D eigenvalue weighted by atomic mass is 16.1. The zero-order chi connectivity index (χ0) is 8.93. The van der Waals surface area contributed by atoms with Crippen molar-refractivity contribution in [1.82, 2.24) is 0 Å². The number of rotatable bonds is 0. The summed E-state index contributed by atoms with van der Waals surface area (Å²) in [6, 6.07) is 2.26. The Labute approximate surface area is 72.6 Å². The molecule has 0 radical (unpaired) electrons. The molecule has 0 spiro atoms. The van der Waals surface area contributed by atoms with Crippen LogP contribution in [0.3, 0.4) is 0 Å². The summed E-state index contributed by atoms with van der Waals surface area (Å²) in [4.78, 5) is 11.6. The fraction of sp³-hybridized carbons (Fsp3) is 0.800. The maximum absolute atomic E-state index is 11.6. The summed E-state index contributed by atoms with van der Waals surface area (Å²) in [5.74, 6) is 0.996. The smallest absolute Gasteiger partial charge is 0.156 e. The number of nitriles is 1. The normalized spacial score (nSPS) is 51.1. The van der Waals surface area contributed by atoms with E-state index < -0.39 is 5.41 Å². The van der Waals surface area contributed by atoms with Gasteiger partial charge in [-0.05, 0) is 24.7 Å². The molecular formula is C10H13NO. The van der Waals surface area contributed by atoms with Crippen LogP contribution < -0.4 is 0 Å². The van der Waals surface area contributed by atoms with Crippen molar-refractivity contribution >= 4 is 5.78 Å². The maximum Gasteiger partial charge on any atom is 0.156 e. The van der Waals surface area contributed by atoms with Crippen LogP contribution in [0.2, 0.25) is 0 Å². The first kappa shape index (κ1) is 7.79. The van der Waals surface area contributed by atoms with Crippen LogP contribution in [0.1, 0.15) is 26.7 Å². The van der Waals surface area contributed by atoms with Gasteiger partial charge in [0.15, 0.2) is 5.78 Å². The second-order valence-corrected chi connectivity index (χ2v) is 4.22. The molecule has 0 amide bonds. The van der Waals surface area contributed by atoms with E-state index in [1.54, 1.807) is 0 Å². The van der Waals surface area contributed by atoms with Gasteiger partial charge in [0.2, 0.25) is 0 Å². The van der Waals surface area contributed by atoms with E-state index in [2.05, 4.69) is 6.07 Å². The van der Waals surface area contributed by atoms with Crippen LogP contribution in [0, 0.1) is 34.5 Å². The van der Waals surface area contributed by atoms with E-state index in [1.165, 1.54) is 0 Å². The molecule has 2 saturated carbocycles. The van der Waals surface area contributed by atoms with Gasteiger partial charge in [0.1, 0.15) is 5.41 Å².